The van der Waals surface area contributed by atoms with E-state index in [1.54, 1.807) is 24.3 Å². The SMILES string of the molecule is O=C1N=c2ccc(F)cc2=C1c1sc(Nc2cccc(Cl)c2)nc1O. The number of amides is 1. The number of thiazole rings is 1. The predicted molar refractivity (Wildman–Crippen MR) is 93.2 cm³/mol. The van der Waals surface area contributed by atoms with Gasteiger partial charge in [0.15, 0.2) is 5.13 Å². The van der Waals surface area contributed by atoms with Gasteiger partial charge in [0, 0.05) is 15.9 Å². The van der Waals surface area contributed by atoms with Gasteiger partial charge >= 0.3 is 0 Å². The summed E-state index contributed by atoms with van der Waals surface area (Å²) < 4.78 is 13.5. The van der Waals surface area contributed by atoms with Crippen LogP contribution in [0.1, 0.15) is 4.88 Å². The third kappa shape index (κ3) is 2.88. The number of nitrogens with one attached hydrogen (secondary N) is 1. The summed E-state index contributed by atoms with van der Waals surface area (Å²) in [7, 11) is 0. The van der Waals surface area contributed by atoms with Crippen LogP contribution in [-0.4, -0.2) is 16.0 Å². The molecule has 3 aromatic rings. The number of carbonyl (C=O) groups excluding carboxylic acids is 1. The predicted octanol–water partition coefficient (Wildman–Crippen LogP) is 2.74. The van der Waals surface area contributed by atoms with Gasteiger partial charge < -0.3 is 10.4 Å². The molecule has 2 aromatic carbocycles. The molecule has 0 unspecified atom stereocenters. The number of anilines is 2. The van der Waals surface area contributed by atoms with Crippen molar-refractivity contribution in [2.24, 2.45) is 4.99 Å². The molecule has 1 aliphatic rings. The molecular weight excluding hydrogens is 365 g/mol. The van der Waals surface area contributed by atoms with Crippen LogP contribution in [0.3, 0.4) is 0 Å². The van der Waals surface area contributed by atoms with Gasteiger partial charge in [0.1, 0.15) is 10.7 Å². The summed E-state index contributed by atoms with van der Waals surface area (Å²) in [6, 6.07) is 10.9. The molecule has 0 aliphatic carbocycles. The third-order valence-corrected chi connectivity index (χ3v) is 4.79. The van der Waals surface area contributed by atoms with E-state index < -0.39 is 11.7 Å². The molecule has 0 fully saturated rings. The zero-order valence-corrected chi connectivity index (χ0v) is 14.0. The zero-order chi connectivity index (χ0) is 17.6. The van der Waals surface area contributed by atoms with Crippen LogP contribution < -0.4 is 15.9 Å². The van der Waals surface area contributed by atoms with Crippen LogP contribution >= 0.6 is 22.9 Å². The molecule has 124 valence electrons. The lowest BCUT2D eigenvalue weighted by atomic mass is 10.1. The Bertz CT molecular complexity index is 1140. The number of hydrogen-bond donors (Lipinski definition) is 2. The van der Waals surface area contributed by atoms with Crippen LogP contribution in [-0.2, 0) is 4.79 Å². The molecule has 2 N–H and O–H groups in total. The number of aromatic nitrogens is 1. The van der Waals surface area contributed by atoms with Crippen molar-refractivity contribution in [3.05, 3.63) is 68.8 Å². The first-order valence-electron chi connectivity index (χ1n) is 7.17. The highest BCUT2D eigenvalue weighted by atomic mass is 35.5. The number of fused-ring (bicyclic) bond motifs is 1. The Labute approximate surface area is 149 Å². The Morgan fingerprint density at radius 3 is 2.84 bits per heavy atom. The first kappa shape index (κ1) is 15.7. The van der Waals surface area contributed by atoms with Crippen molar-refractivity contribution < 1.29 is 14.3 Å². The minimum Gasteiger partial charge on any atom is -0.492 e. The first-order chi connectivity index (χ1) is 12.0. The Morgan fingerprint density at radius 2 is 2.04 bits per heavy atom. The molecule has 0 radical (unpaired) electrons. The lowest BCUT2D eigenvalue weighted by Crippen LogP contribution is -2.23. The number of benzene rings is 2. The van der Waals surface area contributed by atoms with Crippen LogP contribution in [0.2, 0.25) is 5.02 Å². The van der Waals surface area contributed by atoms with Gasteiger partial charge in [0.05, 0.1) is 10.9 Å². The molecular formula is C17H9ClFN3O2S. The molecule has 1 aliphatic heterocycles. The van der Waals surface area contributed by atoms with Gasteiger partial charge in [-0.2, -0.15) is 4.98 Å². The van der Waals surface area contributed by atoms with E-state index in [9.17, 15) is 14.3 Å². The zero-order valence-electron chi connectivity index (χ0n) is 12.5. The lowest BCUT2D eigenvalue weighted by Gasteiger charge is -2.01. The van der Waals surface area contributed by atoms with Crippen LogP contribution in [0.25, 0.3) is 5.57 Å². The average molecular weight is 374 g/mol. The van der Waals surface area contributed by atoms with E-state index in [2.05, 4.69) is 15.3 Å². The normalized spacial score (nSPS) is 12.9. The van der Waals surface area contributed by atoms with Crippen molar-refractivity contribution in [1.82, 2.24) is 4.98 Å². The summed E-state index contributed by atoms with van der Waals surface area (Å²) in [6.07, 6.45) is 0. The largest absolute Gasteiger partial charge is 0.492 e. The fourth-order valence-corrected chi connectivity index (χ4v) is 3.64. The Kier molecular flexibility index (Phi) is 3.74. The minimum absolute atomic E-state index is 0.142. The van der Waals surface area contributed by atoms with E-state index in [0.29, 0.717) is 26.4 Å². The summed E-state index contributed by atoms with van der Waals surface area (Å²) in [4.78, 5) is 20.4. The molecule has 4 rings (SSSR count). The van der Waals surface area contributed by atoms with E-state index in [4.69, 9.17) is 11.6 Å². The maximum Gasteiger partial charge on any atom is 0.279 e. The van der Waals surface area contributed by atoms with Crippen molar-refractivity contribution >= 4 is 45.2 Å². The van der Waals surface area contributed by atoms with Crippen LogP contribution in [0, 0.1) is 5.82 Å². The Morgan fingerprint density at radius 1 is 1.20 bits per heavy atom. The number of rotatable bonds is 3. The second-order valence-corrected chi connectivity index (χ2v) is 6.70. The van der Waals surface area contributed by atoms with Gasteiger partial charge in [-0.15, -0.1) is 0 Å². The maximum absolute atomic E-state index is 13.5. The number of hydrogen-bond acceptors (Lipinski definition) is 5. The molecule has 0 bridgehead atoms. The molecule has 0 atom stereocenters. The molecule has 0 saturated heterocycles. The molecule has 0 saturated carbocycles. The molecule has 2 heterocycles. The van der Waals surface area contributed by atoms with Gasteiger partial charge in [-0.25, -0.2) is 9.38 Å². The second kappa shape index (κ2) is 5.94. The van der Waals surface area contributed by atoms with Crippen molar-refractivity contribution in [2.45, 2.75) is 0 Å². The molecule has 5 nitrogen and oxygen atoms in total. The molecule has 8 heteroatoms. The van der Waals surface area contributed by atoms with Gasteiger partial charge in [0.2, 0.25) is 5.88 Å². The third-order valence-electron chi connectivity index (χ3n) is 3.58. The summed E-state index contributed by atoms with van der Waals surface area (Å²) in [6.45, 7) is 0. The van der Waals surface area contributed by atoms with E-state index in [1.165, 1.54) is 18.2 Å². The van der Waals surface area contributed by atoms with Crippen molar-refractivity contribution in [1.29, 1.82) is 0 Å². The van der Waals surface area contributed by atoms with Crippen molar-refractivity contribution in [2.75, 3.05) is 5.32 Å². The van der Waals surface area contributed by atoms with Crippen molar-refractivity contribution in [3.63, 3.8) is 0 Å². The number of halogens is 2. The quantitative estimate of drug-likeness (QED) is 0.740. The van der Waals surface area contributed by atoms with Crippen LogP contribution in [0.4, 0.5) is 15.2 Å². The smallest absolute Gasteiger partial charge is 0.279 e. The summed E-state index contributed by atoms with van der Waals surface area (Å²) in [5.41, 5.74) is 0.829. The van der Waals surface area contributed by atoms with E-state index >= 15 is 0 Å². The minimum atomic E-state index is -0.533. The Hall–Kier alpha value is -2.77. The Balaban J connectivity index is 1.80. The van der Waals surface area contributed by atoms with Crippen LogP contribution in [0.5, 0.6) is 5.88 Å². The van der Waals surface area contributed by atoms with E-state index in [1.807, 2.05) is 0 Å². The number of aromatic hydroxyl groups is 1. The van der Waals surface area contributed by atoms with E-state index in [0.717, 1.165) is 11.3 Å². The van der Waals surface area contributed by atoms with Crippen LogP contribution in [0.15, 0.2) is 47.5 Å². The molecule has 25 heavy (non-hydrogen) atoms. The number of carbonyl (C=O) groups is 1. The van der Waals surface area contributed by atoms with Gasteiger partial charge in [-0.05, 0) is 36.4 Å². The standard InChI is InChI=1S/C17H9ClFN3O2S/c18-8-2-1-3-10(6-8)20-17-22-16(24)14(25-17)13-11-7-9(19)4-5-12(11)21-15(13)23/h1-7,24H,(H,20,22). The fraction of sp³-hybridized carbons (Fsp3) is 0. The topological polar surface area (TPSA) is 74.6 Å². The highest BCUT2D eigenvalue weighted by molar-refractivity contribution is 7.17. The average Bonchev–Trinajstić information content (AvgIpc) is 3.06. The van der Waals surface area contributed by atoms with Gasteiger partial charge in [-0.1, -0.05) is 29.0 Å². The van der Waals surface area contributed by atoms with Gasteiger partial charge in [-0.3, -0.25) is 4.79 Å². The number of nitrogens with zero attached hydrogens (tertiary/aromatic N) is 2. The molecule has 1 amide bonds. The van der Waals surface area contributed by atoms with E-state index in [-0.39, 0.29) is 16.3 Å². The first-order valence-corrected chi connectivity index (χ1v) is 8.36. The lowest BCUT2D eigenvalue weighted by molar-refractivity contribution is -0.112. The second-order valence-electron chi connectivity index (χ2n) is 5.26. The van der Waals surface area contributed by atoms with Gasteiger partial charge in [0.25, 0.3) is 5.91 Å². The maximum atomic E-state index is 13.5. The summed E-state index contributed by atoms with van der Waals surface area (Å²) in [5.74, 6) is -1.33. The fourth-order valence-electron chi connectivity index (χ4n) is 2.52. The highest BCUT2D eigenvalue weighted by Gasteiger charge is 2.25. The summed E-state index contributed by atoms with van der Waals surface area (Å²) in [5, 5.41) is 14.8. The van der Waals surface area contributed by atoms with Crippen molar-refractivity contribution in [3.8, 4) is 5.88 Å². The molecule has 1 aromatic heterocycles. The summed E-state index contributed by atoms with van der Waals surface area (Å²) >= 11 is 7.01. The monoisotopic (exact) mass is 373 g/mol. The molecule has 0 spiro atoms. The highest BCUT2D eigenvalue weighted by Crippen LogP contribution is 2.35.